The van der Waals surface area contributed by atoms with Gasteiger partial charge in [0.15, 0.2) is 5.13 Å². The summed E-state index contributed by atoms with van der Waals surface area (Å²) in [6.45, 7) is 0. The van der Waals surface area contributed by atoms with E-state index in [0.29, 0.717) is 10.5 Å². The second-order valence-electron chi connectivity index (χ2n) is 2.67. The Bertz CT molecular complexity index is 522. The highest BCUT2D eigenvalue weighted by Gasteiger charge is 2.00. The largest absolute Gasteiger partial charge is 0.375 e. The number of nitrogens with two attached hydrogens (primary N) is 1. The number of hydrogen-bond acceptors (Lipinski definition) is 3. The molecule has 0 fully saturated rings. The number of benzene rings is 1. The predicted octanol–water partition coefficient (Wildman–Crippen LogP) is 2.62. The Balaban J connectivity index is 2.50. The lowest BCUT2D eigenvalue weighted by molar-refractivity contribution is 1.49. The van der Waals surface area contributed by atoms with Crippen LogP contribution in [0.1, 0.15) is 5.56 Å². The molecule has 0 amide bonds. The van der Waals surface area contributed by atoms with Crippen LogP contribution in [0.3, 0.4) is 0 Å². The molecule has 2 nitrogen and oxygen atoms in total. The summed E-state index contributed by atoms with van der Waals surface area (Å²) in [5.74, 6) is 5.99. The first-order valence-corrected chi connectivity index (χ1v) is 5.94. The molecule has 0 atom stereocenters. The Morgan fingerprint density at radius 3 is 3.14 bits per heavy atom. The van der Waals surface area contributed by atoms with Crippen molar-refractivity contribution in [1.82, 2.24) is 4.98 Å². The summed E-state index contributed by atoms with van der Waals surface area (Å²) >= 11 is 4.74. The Morgan fingerprint density at radius 1 is 1.50 bits per heavy atom. The number of anilines is 1. The third-order valence-corrected chi connectivity index (χ3v) is 2.83. The third kappa shape index (κ3) is 1.89. The zero-order valence-electron chi connectivity index (χ0n) is 7.25. The maximum atomic E-state index is 5.60. The summed E-state index contributed by atoms with van der Waals surface area (Å²) < 4.78 is 1.09. The van der Waals surface area contributed by atoms with Crippen LogP contribution in [0.5, 0.6) is 0 Å². The summed E-state index contributed by atoms with van der Waals surface area (Å²) in [6, 6.07) is 5.91. The molecule has 1 aromatic heterocycles. The minimum absolute atomic E-state index is 0.602. The van der Waals surface area contributed by atoms with Gasteiger partial charge in [0.25, 0.3) is 0 Å². The summed E-state index contributed by atoms with van der Waals surface area (Å²) in [4.78, 5) is 4.17. The molecule has 2 rings (SSSR count). The molecule has 0 radical (unpaired) electrons. The van der Waals surface area contributed by atoms with Crippen molar-refractivity contribution in [2.45, 2.75) is 0 Å². The molecule has 1 heterocycles. The van der Waals surface area contributed by atoms with Gasteiger partial charge in [-0.1, -0.05) is 39.1 Å². The van der Waals surface area contributed by atoms with Crippen LogP contribution in [0.2, 0.25) is 0 Å². The van der Waals surface area contributed by atoms with Crippen molar-refractivity contribution in [3.05, 3.63) is 23.8 Å². The summed E-state index contributed by atoms with van der Waals surface area (Å²) in [5.41, 5.74) is 7.55. The van der Waals surface area contributed by atoms with Gasteiger partial charge in [-0.3, -0.25) is 0 Å². The minimum atomic E-state index is 0.602. The number of nitrogen functional groups attached to an aromatic ring is 1. The zero-order chi connectivity index (χ0) is 9.97. The summed E-state index contributed by atoms with van der Waals surface area (Å²) in [7, 11) is 0. The molecule has 1 aromatic carbocycles. The van der Waals surface area contributed by atoms with Gasteiger partial charge in [-0.25, -0.2) is 4.98 Å². The molecule has 0 unspecified atom stereocenters. The van der Waals surface area contributed by atoms with Gasteiger partial charge in [0.2, 0.25) is 0 Å². The number of rotatable bonds is 0. The van der Waals surface area contributed by atoms with Crippen LogP contribution in [0.15, 0.2) is 18.2 Å². The molecule has 4 heteroatoms. The van der Waals surface area contributed by atoms with Crippen LogP contribution in [0.4, 0.5) is 5.13 Å². The van der Waals surface area contributed by atoms with Crippen molar-refractivity contribution in [2.75, 3.05) is 11.1 Å². The monoisotopic (exact) mass is 266 g/mol. The van der Waals surface area contributed by atoms with E-state index in [1.54, 1.807) is 0 Å². The fourth-order valence-corrected chi connectivity index (χ4v) is 2.07. The second-order valence-corrected chi connectivity index (χ2v) is 4.29. The normalized spacial score (nSPS) is 9.79. The first-order chi connectivity index (χ1) is 6.79. The fourth-order valence-electron chi connectivity index (χ4n) is 1.16. The van der Waals surface area contributed by atoms with E-state index < -0.39 is 0 Å². The molecule has 0 spiro atoms. The molecule has 0 bridgehead atoms. The highest BCUT2D eigenvalue weighted by Crippen LogP contribution is 2.24. The van der Waals surface area contributed by atoms with Crippen molar-refractivity contribution in [3.63, 3.8) is 0 Å². The summed E-state index contributed by atoms with van der Waals surface area (Å²) in [5, 5.41) is 1.29. The fraction of sp³-hybridized carbons (Fsp3) is 0.100. The maximum absolute atomic E-state index is 5.60. The van der Waals surface area contributed by atoms with E-state index in [2.05, 4.69) is 32.8 Å². The number of hydrogen-bond donors (Lipinski definition) is 1. The molecule has 2 N–H and O–H groups in total. The number of fused-ring (bicyclic) bond motifs is 1. The van der Waals surface area contributed by atoms with Gasteiger partial charge in [-0.05, 0) is 18.2 Å². The number of alkyl halides is 1. The maximum Gasteiger partial charge on any atom is 0.181 e. The molecule has 0 aliphatic carbocycles. The lowest BCUT2D eigenvalue weighted by atomic mass is 10.2. The predicted molar refractivity (Wildman–Crippen MR) is 64.7 cm³/mol. The van der Waals surface area contributed by atoms with Crippen molar-refractivity contribution in [1.29, 1.82) is 0 Å². The van der Waals surface area contributed by atoms with E-state index >= 15 is 0 Å². The highest BCUT2D eigenvalue weighted by molar-refractivity contribution is 9.09. The third-order valence-electron chi connectivity index (χ3n) is 1.70. The van der Waals surface area contributed by atoms with Crippen LogP contribution >= 0.6 is 27.3 Å². The molecule has 0 saturated carbocycles. The number of halogens is 1. The van der Waals surface area contributed by atoms with Gasteiger partial charge < -0.3 is 5.73 Å². The van der Waals surface area contributed by atoms with Gasteiger partial charge >= 0.3 is 0 Å². The minimum Gasteiger partial charge on any atom is -0.375 e. The van der Waals surface area contributed by atoms with Crippen molar-refractivity contribution >= 4 is 42.6 Å². The Hall–Kier alpha value is -1.05. The smallest absolute Gasteiger partial charge is 0.181 e. The number of nitrogens with zero attached hydrogens (tertiary/aromatic N) is 1. The SMILES string of the molecule is Nc1nc2ccc(C#CCBr)cc2s1. The van der Waals surface area contributed by atoms with E-state index in [1.807, 2.05) is 18.2 Å². The van der Waals surface area contributed by atoms with E-state index in [0.717, 1.165) is 15.8 Å². The van der Waals surface area contributed by atoms with Gasteiger partial charge in [-0.2, -0.15) is 0 Å². The van der Waals surface area contributed by atoms with Crippen LogP contribution in [-0.2, 0) is 0 Å². The van der Waals surface area contributed by atoms with Gasteiger partial charge in [-0.15, -0.1) is 0 Å². The molecule has 14 heavy (non-hydrogen) atoms. The number of thiazole rings is 1. The Labute approximate surface area is 94.3 Å². The molecule has 70 valence electrons. The van der Waals surface area contributed by atoms with Gasteiger partial charge in [0.05, 0.1) is 15.5 Å². The molecule has 0 aliphatic rings. The zero-order valence-corrected chi connectivity index (χ0v) is 9.65. The lowest BCUT2D eigenvalue weighted by Crippen LogP contribution is -1.79. The van der Waals surface area contributed by atoms with Crippen molar-refractivity contribution in [3.8, 4) is 11.8 Å². The van der Waals surface area contributed by atoms with E-state index in [9.17, 15) is 0 Å². The average Bonchev–Trinajstić information content (AvgIpc) is 2.54. The molecular weight excluding hydrogens is 260 g/mol. The average molecular weight is 267 g/mol. The van der Waals surface area contributed by atoms with E-state index in [1.165, 1.54) is 11.3 Å². The molecular formula is C10H7BrN2S. The van der Waals surface area contributed by atoms with Crippen LogP contribution in [-0.4, -0.2) is 10.3 Å². The van der Waals surface area contributed by atoms with Crippen LogP contribution < -0.4 is 5.73 Å². The first-order valence-electron chi connectivity index (χ1n) is 4.00. The Morgan fingerprint density at radius 2 is 2.36 bits per heavy atom. The van der Waals surface area contributed by atoms with Crippen molar-refractivity contribution < 1.29 is 0 Å². The molecule has 2 aromatic rings. The Kier molecular flexibility index (Phi) is 2.71. The first kappa shape index (κ1) is 9.50. The standard InChI is InChI=1S/C10H7BrN2S/c11-5-1-2-7-3-4-8-9(6-7)14-10(12)13-8/h3-4,6H,5H2,(H2,12,13). The van der Waals surface area contributed by atoms with E-state index in [-0.39, 0.29) is 0 Å². The number of aromatic nitrogens is 1. The summed E-state index contributed by atoms with van der Waals surface area (Å²) in [6.07, 6.45) is 0. The highest BCUT2D eigenvalue weighted by atomic mass is 79.9. The van der Waals surface area contributed by atoms with Gasteiger partial charge in [0.1, 0.15) is 0 Å². The molecule has 0 aliphatic heterocycles. The van der Waals surface area contributed by atoms with Gasteiger partial charge in [0, 0.05) is 5.56 Å². The van der Waals surface area contributed by atoms with Crippen LogP contribution in [0.25, 0.3) is 10.2 Å². The second kappa shape index (κ2) is 3.99. The van der Waals surface area contributed by atoms with Crippen LogP contribution in [0, 0.1) is 11.8 Å². The van der Waals surface area contributed by atoms with E-state index in [4.69, 9.17) is 5.73 Å². The molecule has 0 saturated heterocycles. The lowest BCUT2D eigenvalue weighted by Gasteiger charge is -1.89. The quantitative estimate of drug-likeness (QED) is 0.588. The topological polar surface area (TPSA) is 38.9 Å². The van der Waals surface area contributed by atoms with Crippen molar-refractivity contribution in [2.24, 2.45) is 0 Å².